The van der Waals surface area contributed by atoms with Crippen molar-refractivity contribution in [3.63, 3.8) is 0 Å². The predicted molar refractivity (Wildman–Crippen MR) is 109 cm³/mol. The smallest absolute Gasteiger partial charge is 0.341 e. The van der Waals surface area contributed by atoms with E-state index >= 15 is 0 Å². The van der Waals surface area contributed by atoms with Crippen LogP contribution in [-0.2, 0) is 16.0 Å². The van der Waals surface area contributed by atoms with Crippen molar-refractivity contribution in [3.8, 4) is 0 Å². The van der Waals surface area contributed by atoms with Crippen molar-refractivity contribution in [3.05, 3.63) is 40.9 Å². The number of aromatic amines is 1. The Balaban J connectivity index is 1.55. The van der Waals surface area contributed by atoms with E-state index in [1.54, 1.807) is 6.92 Å². The van der Waals surface area contributed by atoms with Crippen LogP contribution < -0.4 is 20.1 Å². The second-order valence-corrected chi connectivity index (χ2v) is 7.88. The Bertz CT molecular complexity index is 801. The van der Waals surface area contributed by atoms with E-state index in [1.165, 1.54) is 16.2 Å². The van der Waals surface area contributed by atoms with Crippen LogP contribution in [-0.4, -0.2) is 51.2 Å². The van der Waals surface area contributed by atoms with Gasteiger partial charge in [-0.25, -0.2) is 9.78 Å². The van der Waals surface area contributed by atoms with Crippen molar-refractivity contribution < 1.29 is 24.2 Å². The molecule has 3 rings (SSSR count). The first-order chi connectivity index (χ1) is 13.6. The Labute approximate surface area is 169 Å². The molecule has 0 aromatic carbocycles. The molecule has 0 spiro atoms. The molecule has 0 radical (unpaired) electrons. The minimum atomic E-state index is -0.381. The van der Waals surface area contributed by atoms with Crippen LogP contribution in [0.15, 0.2) is 30.5 Å². The van der Waals surface area contributed by atoms with Gasteiger partial charge in [0.05, 0.1) is 18.4 Å². The van der Waals surface area contributed by atoms with E-state index < -0.39 is 0 Å². The highest BCUT2D eigenvalue weighted by Gasteiger charge is 2.28. The minimum absolute atomic E-state index is 0.0650. The third kappa shape index (κ3) is 5.08. The number of quaternary nitrogens is 1. The van der Waals surface area contributed by atoms with Gasteiger partial charge in [-0.1, -0.05) is 13.0 Å². The van der Waals surface area contributed by atoms with Crippen molar-refractivity contribution >= 4 is 34.0 Å². The molecule has 7 nitrogen and oxygen atoms in total. The van der Waals surface area contributed by atoms with Gasteiger partial charge in [-0.3, -0.25) is 9.69 Å². The van der Waals surface area contributed by atoms with Gasteiger partial charge in [0, 0.05) is 10.9 Å². The number of amides is 1. The summed E-state index contributed by atoms with van der Waals surface area (Å²) in [5.41, 5.74) is 0.455. The lowest BCUT2D eigenvalue weighted by Crippen LogP contribution is -3.15. The largest absolute Gasteiger partial charge is 0.462 e. The molecular formula is C20H28N4O3S+2. The topological polar surface area (TPSA) is 77.2 Å². The van der Waals surface area contributed by atoms with Crippen molar-refractivity contribution in [1.82, 2.24) is 0 Å². The second-order valence-electron chi connectivity index (χ2n) is 6.74. The number of anilines is 2. The molecule has 1 saturated heterocycles. The van der Waals surface area contributed by atoms with Gasteiger partial charge in [0.15, 0.2) is 6.54 Å². The van der Waals surface area contributed by atoms with Crippen LogP contribution >= 0.6 is 11.3 Å². The molecule has 0 saturated carbocycles. The Hall–Kier alpha value is -2.45. The SMILES string of the molecule is CCOC(=O)c1cc(CC)sc1NC(=O)C[NH+]1CCN(c2cccc[nH+]2)CC1. The number of nitrogens with zero attached hydrogens (tertiary/aromatic N) is 1. The summed E-state index contributed by atoms with van der Waals surface area (Å²) in [5.74, 6) is 0.661. The Morgan fingerprint density at radius 3 is 2.71 bits per heavy atom. The lowest BCUT2D eigenvalue weighted by molar-refractivity contribution is -0.892. The maximum atomic E-state index is 12.6. The van der Waals surface area contributed by atoms with Crippen LogP contribution in [0.3, 0.4) is 0 Å². The summed E-state index contributed by atoms with van der Waals surface area (Å²) < 4.78 is 5.11. The van der Waals surface area contributed by atoms with Gasteiger partial charge >= 0.3 is 5.97 Å². The molecule has 0 unspecified atom stereocenters. The molecule has 0 aliphatic carbocycles. The summed E-state index contributed by atoms with van der Waals surface area (Å²) in [5, 5.41) is 3.53. The van der Waals surface area contributed by atoms with Crippen LogP contribution in [0.1, 0.15) is 29.1 Å². The molecule has 28 heavy (non-hydrogen) atoms. The summed E-state index contributed by atoms with van der Waals surface area (Å²) >= 11 is 1.45. The fourth-order valence-corrected chi connectivity index (χ4v) is 4.29. The molecule has 3 N–H and O–H groups in total. The van der Waals surface area contributed by atoms with Crippen LogP contribution in [0, 0.1) is 0 Å². The van der Waals surface area contributed by atoms with Crippen molar-refractivity contribution in [2.24, 2.45) is 0 Å². The van der Waals surface area contributed by atoms with Gasteiger partial charge in [-0.2, -0.15) is 0 Å². The molecule has 1 amide bonds. The maximum Gasteiger partial charge on any atom is 0.341 e. The maximum absolute atomic E-state index is 12.6. The number of rotatable bonds is 7. The molecule has 0 bridgehead atoms. The third-order valence-corrected chi connectivity index (χ3v) is 5.99. The van der Waals surface area contributed by atoms with E-state index in [1.807, 2.05) is 31.3 Å². The second kappa shape index (κ2) is 9.66. The van der Waals surface area contributed by atoms with E-state index in [0.29, 0.717) is 23.7 Å². The fraction of sp³-hybridized carbons (Fsp3) is 0.450. The van der Waals surface area contributed by atoms with Crippen molar-refractivity contribution in [1.29, 1.82) is 0 Å². The number of ether oxygens (including phenoxy) is 1. The van der Waals surface area contributed by atoms with Crippen molar-refractivity contribution in [2.45, 2.75) is 20.3 Å². The van der Waals surface area contributed by atoms with Gasteiger partial charge in [0.1, 0.15) is 31.2 Å². The molecule has 2 aromatic heterocycles. The number of aryl methyl sites for hydroxylation is 1. The molecule has 1 aliphatic heterocycles. The minimum Gasteiger partial charge on any atom is -0.462 e. The molecule has 1 fully saturated rings. The number of pyridine rings is 1. The number of hydrogen-bond donors (Lipinski definition) is 2. The van der Waals surface area contributed by atoms with Crippen LogP contribution in [0.4, 0.5) is 10.8 Å². The lowest BCUT2D eigenvalue weighted by Gasteiger charge is -2.27. The first kappa shape index (κ1) is 20.3. The normalized spacial score (nSPS) is 14.7. The van der Waals surface area contributed by atoms with Gasteiger partial charge in [-0.05, 0) is 25.5 Å². The molecule has 3 heterocycles. The van der Waals surface area contributed by atoms with Gasteiger partial charge in [0.25, 0.3) is 11.7 Å². The highest BCUT2D eigenvalue weighted by Crippen LogP contribution is 2.29. The van der Waals surface area contributed by atoms with Crippen LogP contribution in [0.5, 0.6) is 0 Å². The van der Waals surface area contributed by atoms with E-state index in [2.05, 4.69) is 21.3 Å². The van der Waals surface area contributed by atoms with E-state index in [-0.39, 0.29) is 11.9 Å². The number of piperazine rings is 1. The fourth-order valence-electron chi connectivity index (χ4n) is 3.29. The van der Waals surface area contributed by atoms with Gasteiger partial charge in [0.2, 0.25) is 0 Å². The van der Waals surface area contributed by atoms with Gasteiger partial charge in [-0.15, -0.1) is 11.3 Å². The zero-order valence-electron chi connectivity index (χ0n) is 16.4. The summed E-state index contributed by atoms with van der Waals surface area (Å²) in [4.78, 5) is 32.6. The van der Waals surface area contributed by atoms with Crippen LogP contribution in [0.2, 0.25) is 0 Å². The Kier molecular flexibility index (Phi) is 7.00. The van der Waals surface area contributed by atoms with E-state index in [4.69, 9.17) is 4.74 Å². The highest BCUT2D eigenvalue weighted by atomic mass is 32.1. The molecule has 2 aromatic rings. The average Bonchev–Trinajstić information content (AvgIpc) is 3.12. The summed E-state index contributed by atoms with van der Waals surface area (Å²) in [7, 11) is 0. The summed E-state index contributed by atoms with van der Waals surface area (Å²) in [6.45, 7) is 8.11. The number of esters is 1. The first-order valence-electron chi connectivity index (χ1n) is 9.75. The number of hydrogen-bond acceptors (Lipinski definition) is 5. The lowest BCUT2D eigenvalue weighted by atomic mass is 10.2. The molecule has 0 atom stereocenters. The first-order valence-corrected chi connectivity index (χ1v) is 10.6. The standard InChI is InChI=1S/C20H26N4O3S/c1-3-15-13-16(20(26)27-4-2)19(28-15)22-18(25)14-23-9-11-24(12-10-23)17-7-5-6-8-21-17/h5-8,13H,3-4,9-12,14H2,1-2H3,(H,22,25)/p+2. The molecule has 8 heteroatoms. The predicted octanol–water partition coefficient (Wildman–Crippen LogP) is 0.645. The zero-order chi connectivity index (χ0) is 19.9. The van der Waals surface area contributed by atoms with Gasteiger partial charge < -0.3 is 15.0 Å². The van der Waals surface area contributed by atoms with E-state index in [0.717, 1.165) is 43.3 Å². The molecular weight excluding hydrogens is 376 g/mol. The molecule has 150 valence electrons. The average molecular weight is 405 g/mol. The number of aromatic nitrogens is 1. The van der Waals surface area contributed by atoms with Crippen molar-refractivity contribution in [2.75, 3.05) is 49.5 Å². The van der Waals surface area contributed by atoms with Crippen LogP contribution in [0.25, 0.3) is 0 Å². The number of nitrogens with one attached hydrogen (secondary N) is 3. The monoisotopic (exact) mass is 404 g/mol. The number of carbonyl (C=O) groups is 2. The Morgan fingerprint density at radius 2 is 2.07 bits per heavy atom. The third-order valence-electron chi connectivity index (χ3n) is 4.79. The number of thiophene rings is 1. The highest BCUT2D eigenvalue weighted by molar-refractivity contribution is 7.16. The summed E-state index contributed by atoms with van der Waals surface area (Å²) in [6, 6.07) is 7.87. The quantitative estimate of drug-likeness (QED) is 0.664. The number of carbonyl (C=O) groups excluding carboxylic acids is 2. The zero-order valence-corrected chi connectivity index (χ0v) is 17.2. The molecule has 1 aliphatic rings. The van der Waals surface area contributed by atoms with E-state index in [9.17, 15) is 9.59 Å². The summed E-state index contributed by atoms with van der Waals surface area (Å²) in [6.07, 6.45) is 2.74. The number of H-pyrrole nitrogens is 1. The Morgan fingerprint density at radius 1 is 1.29 bits per heavy atom.